The minimum absolute atomic E-state index is 0.113. The van der Waals surface area contributed by atoms with E-state index in [4.69, 9.17) is 0 Å². The molecule has 0 aromatic heterocycles. The Morgan fingerprint density at radius 1 is 1.06 bits per heavy atom. The van der Waals surface area contributed by atoms with Crippen LogP contribution in [-0.2, 0) is 0 Å². The predicted molar refractivity (Wildman–Crippen MR) is 70.6 cm³/mol. The minimum atomic E-state index is 0.113. The third kappa shape index (κ3) is 2.01. The molecule has 0 spiro atoms. The largest absolute Gasteiger partial charge is 0.508 e. The molecule has 0 aliphatic rings. The van der Waals surface area contributed by atoms with Gasteiger partial charge in [-0.1, -0.05) is 19.1 Å². The number of aliphatic hydroxyl groups excluding tert-OH is 1. The molecule has 2 aromatic carbocycles. The van der Waals surface area contributed by atoms with E-state index in [9.17, 15) is 10.2 Å². The van der Waals surface area contributed by atoms with E-state index in [2.05, 4.69) is 6.07 Å². The van der Waals surface area contributed by atoms with Crippen LogP contribution in [0, 0.1) is 13.8 Å². The average molecular weight is 230 g/mol. The molecule has 0 amide bonds. The van der Waals surface area contributed by atoms with Gasteiger partial charge in [0, 0.05) is 12.5 Å². The lowest BCUT2D eigenvalue weighted by Gasteiger charge is -2.15. The van der Waals surface area contributed by atoms with Crippen LogP contribution in [0.1, 0.15) is 29.5 Å². The molecule has 0 saturated heterocycles. The summed E-state index contributed by atoms with van der Waals surface area (Å²) >= 11 is 0. The number of rotatable bonds is 2. The molecule has 0 heterocycles. The van der Waals surface area contributed by atoms with E-state index in [1.165, 1.54) is 0 Å². The van der Waals surface area contributed by atoms with Gasteiger partial charge in [0.25, 0.3) is 0 Å². The molecule has 2 N–H and O–H groups in total. The number of hydrogen-bond donors (Lipinski definition) is 2. The molecule has 0 radical (unpaired) electrons. The van der Waals surface area contributed by atoms with Crippen LogP contribution in [0.3, 0.4) is 0 Å². The molecular formula is C15H18O2. The van der Waals surface area contributed by atoms with Crippen molar-refractivity contribution in [2.24, 2.45) is 0 Å². The topological polar surface area (TPSA) is 40.5 Å². The van der Waals surface area contributed by atoms with Crippen molar-refractivity contribution in [1.82, 2.24) is 0 Å². The highest BCUT2D eigenvalue weighted by Crippen LogP contribution is 2.32. The molecule has 2 aromatic rings. The lowest BCUT2D eigenvalue weighted by Crippen LogP contribution is -2.00. The van der Waals surface area contributed by atoms with E-state index in [0.29, 0.717) is 5.75 Å². The second-order valence-electron chi connectivity index (χ2n) is 4.74. The molecule has 0 unspecified atom stereocenters. The number of aliphatic hydroxyl groups is 1. The quantitative estimate of drug-likeness (QED) is 0.831. The summed E-state index contributed by atoms with van der Waals surface area (Å²) < 4.78 is 0. The molecule has 0 saturated carbocycles. The van der Waals surface area contributed by atoms with Gasteiger partial charge < -0.3 is 10.2 Å². The van der Waals surface area contributed by atoms with E-state index in [-0.39, 0.29) is 12.5 Å². The van der Waals surface area contributed by atoms with E-state index in [0.717, 1.165) is 27.5 Å². The molecule has 2 heteroatoms. The van der Waals surface area contributed by atoms with Crippen LogP contribution in [0.5, 0.6) is 5.75 Å². The summed E-state index contributed by atoms with van der Waals surface area (Å²) in [6.45, 7) is 6.07. The third-order valence-corrected chi connectivity index (χ3v) is 3.39. The van der Waals surface area contributed by atoms with Crippen molar-refractivity contribution in [3.8, 4) is 5.75 Å². The summed E-state index contributed by atoms with van der Waals surface area (Å²) in [6.07, 6.45) is 0. The van der Waals surface area contributed by atoms with Crippen LogP contribution in [0.4, 0.5) is 0 Å². The fraction of sp³-hybridized carbons (Fsp3) is 0.333. The van der Waals surface area contributed by atoms with Gasteiger partial charge >= 0.3 is 0 Å². The van der Waals surface area contributed by atoms with Crippen molar-refractivity contribution >= 4 is 10.8 Å². The van der Waals surface area contributed by atoms with Gasteiger partial charge in [0.05, 0.1) is 0 Å². The van der Waals surface area contributed by atoms with Crippen LogP contribution in [0.15, 0.2) is 24.3 Å². The van der Waals surface area contributed by atoms with E-state index in [1.54, 1.807) is 0 Å². The fourth-order valence-electron chi connectivity index (χ4n) is 2.18. The van der Waals surface area contributed by atoms with Crippen molar-refractivity contribution in [3.63, 3.8) is 0 Å². The summed E-state index contributed by atoms with van der Waals surface area (Å²) in [5.41, 5.74) is 3.15. The van der Waals surface area contributed by atoms with Crippen molar-refractivity contribution in [3.05, 3.63) is 41.0 Å². The SMILES string of the molecule is Cc1cc2c([C@@H](C)CO)ccc(C)c2cc1O. The van der Waals surface area contributed by atoms with Crippen LogP contribution in [0.25, 0.3) is 10.8 Å². The Kier molecular flexibility index (Phi) is 3.07. The zero-order valence-corrected chi connectivity index (χ0v) is 10.5. The van der Waals surface area contributed by atoms with Crippen LogP contribution in [0.2, 0.25) is 0 Å². The number of phenolic OH excluding ortho intramolecular Hbond substituents is 1. The lowest BCUT2D eigenvalue weighted by molar-refractivity contribution is 0.273. The lowest BCUT2D eigenvalue weighted by atomic mass is 9.92. The van der Waals surface area contributed by atoms with E-state index < -0.39 is 0 Å². The van der Waals surface area contributed by atoms with Crippen molar-refractivity contribution in [1.29, 1.82) is 0 Å². The monoisotopic (exact) mass is 230 g/mol. The number of fused-ring (bicyclic) bond motifs is 1. The Morgan fingerprint density at radius 3 is 2.41 bits per heavy atom. The maximum absolute atomic E-state index is 9.78. The third-order valence-electron chi connectivity index (χ3n) is 3.39. The van der Waals surface area contributed by atoms with Crippen LogP contribution >= 0.6 is 0 Å². The second kappa shape index (κ2) is 4.38. The standard InChI is InChI=1S/C15H18O2/c1-9-4-5-12(11(3)8-16)14-6-10(2)15(17)7-13(9)14/h4-7,11,16-17H,8H2,1-3H3/t11-/m0/s1. The van der Waals surface area contributed by atoms with Crippen LogP contribution in [-0.4, -0.2) is 16.8 Å². The van der Waals surface area contributed by atoms with Gasteiger partial charge in [-0.3, -0.25) is 0 Å². The first kappa shape index (κ1) is 11.9. The Bertz CT molecular complexity index is 558. The van der Waals surface area contributed by atoms with Crippen LogP contribution < -0.4 is 0 Å². The zero-order valence-electron chi connectivity index (χ0n) is 10.5. The summed E-state index contributed by atoms with van der Waals surface area (Å²) in [5.74, 6) is 0.441. The minimum Gasteiger partial charge on any atom is -0.508 e. The molecule has 0 fully saturated rings. The zero-order chi connectivity index (χ0) is 12.6. The predicted octanol–water partition coefficient (Wildman–Crippen LogP) is 3.26. The summed E-state index contributed by atoms with van der Waals surface area (Å²) in [4.78, 5) is 0. The maximum Gasteiger partial charge on any atom is 0.119 e. The van der Waals surface area contributed by atoms with Crippen molar-refractivity contribution in [2.75, 3.05) is 6.61 Å². The Morgan fingerprint density at radius 2 is 1.76 bits per heavy atom. The highest BCUT2D eigenvalue weighted by molar-refractivity contribution is 5.91. The molecule has 0 aliphatic heterocycles. The number of phenols is 1. The van der Waals surface area contributed by atoms with Gasteiger partial charge in [0.15, 0.2) is 0 Å². The number of hydrogen-bond acceptors (Lipinski definition) is 2. The summed E-state index contributed by atoms with van der Waals surface area (Å²) in [7, 11) is 0. The molecule has 0 bridgehead atoms. The van der Waals surface area contributed by atoms with Gasteiger partial charge in [-0.25, -0.2) is 0 Å². The number of benzene rings is 2. The van der Waals surface area contributed by atoms with Crippen molar-refractivity contribution < 1.29 is 10.2 Å². The molecule has 1 atom stereocenters. The molecule has 2 rings (SSSR count). The normalized spacial score (nSPS) is 12.9. The van der Waals surface area contributed by atoms with Gasteiger partial charge in [-0.15, -0.1) is 0 Å². The van der Waals surface area contributed by atoms with E-state index in [1.807, 2.05) is 39.0 Å². The number of aromatic hydroxyl groups is 1. The summed E-state index contributed by atoms with van der Waals surface area (Å²) in [5, 5.41) is 21.3. The fourth-order valence-corrected chi connectivity index (χ4v) is 2.18. The first-order chi connectivity index (χ1) is 8.04. The highest BCUT2D eigenvalue weighted by Gasteiger charge is 2.11. The Balaban J connectivity index is 2.80. The van der Waals surface area contributed by atoms with Gasteiger partial charge in [-0.05, 0) is 53.4 Å². The second-order valence-corrected chi connectivity index (χ2v) is 4.74. The molecule has 0 aliphatic carbocycles. The van der Waals surface area contributed by atoms with Gasteiger partial charge in [-0.2, -0.15) is 0 Å². The first-order valence-corrected chi connectivity index (χ1v) is 5.88. The smallest absolute Gasteiger partial charge is 0.119 e. The Hall–Kier alpha value is -1.54. The van der Waals surface area contributed by atoms with Gasteiger partial charge in [0.1, 0.15) is 5.75 Å². The Labute approximate surface area is 102 Å². The maximum atomic E-state index is 9.78. The number of aryl methyl sites for hydroxylation is 2. The van der Waals surface area contributed by atoms with E-state index >= 15 is 0 Å². The molecule has 17 heavy (non-hydrogen) atoms. The highest BCUT2D eigenvalue weighted by atomic mass is 16.3. The molecular weight excluding hydrogens is 212 g/mol. The average Bonchev–Trinajstić information content (AvgIpc) is 2.31. The first-order valence-electron chi connectivity index (χ1n) is 5.88. The van der Waals surface area contributed by atoms with Crippen molar-refractivity contribution in [2.45, 2.75) is 26.7 Å². The molecule has 2 nitrogen and oxygen atoms in total. The van der Waals surface area contributed by atoms with Gasteiger partial charge in [0.2, 0.25) is 0 Å². The summed E-state index contributed by atoms with van der Waals surface area (Å²) in [6, 6.07) is 7.92. The molecule has 90 valence electrons.